The van der Waals surface area contributed by atoms with Gasteiger partial charge in [0.25, 0.3) is 17.3 Å². The lowest BCUT2D eigenvalue weighted by Gasteiger charge is -2.02. The molecular weight excluding hydrogens is 560 g/mol. The molecule has 0 atom stereocenters. The summed E-state index contributed by atoms with van der Waals surface area (Å²) in [6.07, 6.45) is 8.91. The molecule has 4 N–H and O–H groups in total. The molecule has 0 fully saturated rings. The molecule has 212 valence electrons. The number of anilines is 1. The number of hydrogen-bond acceptors (Lipinski definition) is 10. The molecule has 1 amide bonds. The number of carbonyl (C=O) groups is 1. The Kier molecular flexibility index (Phi) is 12.1. The van der Waals surface area contributed by atoms with Crippen molar-refractivity contribution in [3.8, 4) is 0 Å². The number of hydrazone groups is 2. The Balaban J connectivity index is 0.00000108. The number of nitro groups is 2. The van der Waals surface area contributed by atoms with Gasteiger partial charge in [0.1, 0.15) is 0 Å². The van der Waals surface area contributed by atoms with Crippen molar-refractivity contribution in [2.24, 2.45) is 10.2 Å². The van der Waals surface area contributed by atoms with E-state index < -0.39 is 26.2 Å². The van der Waals surface area contributed by atoms with E-state index in [0.717, 1.165) is 0 Å². The molecule has 15 nitrogen and oxygen atoms in total. The van der Waals surface area contributed by atoms with Gasteiger partial charge in [-0.15, -0.1) is 0 Å². The van der Waals surface area contributed by atoms with Crippen molar-refractivity contribution in [1.29, 1.82) is 0 Å². The van der Waals surface area contributed by atoms with Crippen molar-refractivity contribution in [2.75, 3.05) is 5.43 Å². The minimum atomic E-state index is -4.67. The SMILES string of the molecule is O=C(N/N=C/C=C/c1ccccc1[N+](=O)[O-])c1ccc(N/N=C/C=C/c2ccccc2[N+](=O)[O-])cc1.O=S(=O)(O)O. The third kappa shape index (κ3) is 12.2. The number of benzene rings is 3. The number of allylic oxidation sites excluding steroid dienone is 2. The van der Waals surface area contributed by atoms with E-state index in [-0.39, 0.29) is 11.4 Å². The number of para-hydroxylation sites is 2. The van der Waals surface area contributed by atoms with Crippen LogP contribution in [0, 0.1) is 20.2 Å². The topological polar surface area (TPSA) is 227 Å². The first-order chi connectivity index (χ1) is 19.5. The van der Waals surface area contributed by atoms with Crippen molar-refractivity contribution in [3.05, 3.63) is 122 Å². The molecule has 16 heteroatoms. The quantitative estimate of drug-likeness (QED) is 0.114. The third-order valence-corrected chi connectivity index (χ3v) is 4.65. The minimum absolute atomic E-state index is 0.00417. The van der Waals surface area contributed by atoms with Crippen LogP contribution in [0.2, 0.25) is 0 Å². The van der Waals surface area contributed by atoms with Gasteiger partial charge in [0, 0.05) is 30.1 Å². The Labute approximate surface area is 233 Å². The maximum absolute atomic E-state index is 12.2. The molecule has 3 aromatic carbocycles. The molecule has 0 aromatic heterocycles. The Bertz CT molecular complexity index is 1590. The van der Waals surface area contributed by atoms with Crippen molar-refractivity contribution in [1.82, 2.24) is 5.43 Å². The monoisotopic (exact) mass is 582 g/mol. The Morgan fingerprint density at radius 1 is 0.756 bits per heavy atom. The lowest BCUT2D eigenvalue weighted by Crippen LogP contribution is -2.17. The second kappa shape index (κ2) is 15.7. The van der Waals surface area contributed by atoms with Crippen LogP contribution in [0.15, 0.2) is 95.2 Å². The predicted molar refractivity (Wildman–Crippen MR) is 153 cm³/mol. The smallest absolute Gasteiger partial charge is 0.279 e. The van der Waals surface area contributed by atoms with E-state index in [0.29, 0.717) is 22.4 Å². The Morgan fingerprint density at radius 3 is 1.66 bits per heavy atom. The van der Waals surface area contributed by atoms with Gasteiger partial charge in [-0.25, -0.2) is 5.43 Å². The van der Waals surface area contributed by atoms with Crippen molar-refractivity contribution in [3.63, 3.8) is 0 Å². The molecule has 0 unspecified atom stereocenters. The molecule has 0 aliphatic carbocycles. The second-order valence-corrected chi connectivity index (χ2v) is 8.38. The summed E-state index contributed by atoms with van der Waals surface area (Å²) in [4.78, 5) is 33.3. The zero-order valence-corrected chi connectivity index (χ0v) is 21.7. The summed E-state index contributed by atoms with van der Waals surface area (Å²) >= 11 is 0. The predicted octanol–water partition coefficient (Wildman–Crippen LogP) is 4.39. The van der Waals surface area contributed by atoms with E-state index in [9.17, 15) is 25.0 Å². The molecule has 0 radical (unpaired) electrons. The second-order valence-electron chi connectivity index (χ2n) is 7.48. The summed E-state index contributed by atoms with van der Waals surface area (Å²) in [5, 5.41) is 29.8. The van der Waals surface area contributed by atoms with Crippen LogP contribution < -0.4 is 10.9 Å². The molecule has 0 spiro atoms. The van der Waals surface area contributed by atoms with Crippen LogP contribution in [0.5, 0.6) is 0 Å². The molecule has 0 saturated heterocycles. The number of amides is 1. The van der Waals surface area contributed by atoms with E-state index in [1.54, 1.807) is 72.8 Å². The summed E-state index contributed by atoms with van der Waals surface area (Å²) in [5.41, 5.74) is 7.00. The number of nitro benzene ring substituents is 2. The summed E-state index contributed by atoms with van der Waals surface area (Å²) in [6.45, 7) is 0. The highest BCUT2D eigenvalue weighted by Crippen LogP contribution is 2.19. The van der Waals surface area contributed by atoms with Gasteiger partial charge in [0.05, 0.1) is 26.7 Å². The van der Waals surface area contributed by atoms with E-state index in [4.69, 9.17) is 17.5 Å². The molecule has 3 aromatic rings. The fraction of sp³-hybridized carbons (Fsp3) is 0. The number of hydrogen-bond donors (Lipinski definition) is 4. The van der Waals surface area contributed by atoms with E-state index >= 15 is 0 Å². The summed E-state index contributed by atoms with van der Waals surface area (Å²) < 4.78 is 31.6. The van der Waals surface area contributed by atoms with E-state index in [1.807, 2.05) is 0 Å². The highest BCUT2D eigenvalue weighted by molar-refractivity contribution is 7.79. The first-order valence-electron chi connectivity index (χ1n) is 11.2. The van der Waals surface area contributed by atoms with Gasteiger partial charge < -0.3 is 0 Å². The van der Waals surface area contributed by atoms with Crippen LogP contribution in [0.3, 0.4) is 0 Å². The largest absolute Gasteiger partial charge is 0.394 e. The maximum Gasteiger partial charge on any atom is 0.394 e. The van der Waals surface area contributed by atoms with Crippen LogP contribution in [0.1, 0.15) is 21.5 Å². The van der Waals surface area contributed by atoms with Gasteiger partial charge in [-0.3, -0.25) is 39.6 Å². The van der Waals surface area contributed by atoms with Gasteiger partial charge in [0.2, 0.25) is 0 Å². The average Bonchev–Trinajstić information content (AvgIpc) is 2.92. The number of rotatable bonds is 10. The average molecular weight is 583 g/mol. The third-order valence-electron chi connectivity index (χ3n) is 4.65. The molecule has 0 saturated carbocycles. The van der Waals surface area contributed by atoms with Gasteiger partial charge in [-0.1, -0.05) is 24.3 Å². The summed E-state index contributed by atoms with van der Waals surface area (Å²) in [7, 11) is -4.67. The van der Waals surface area contributed by atoms with Gasteiger partial charge in [-0.05, 0) is 60.7 Å². The number of nitrogens with zero attached hydrogens (tertiary/aromatic N) is 4. The van der Waals surface area contributed by atoms with Crippen LogP contribution in [-0.4, -0.2) is 45.7 Å². The van der Waals surface area contributed by atoms with Gasteiger partial charge in [0.15, 0.2) is 0 Å². The van der Waals surface area contributed by atoms with Crippen molar-refractivity contribution >= 4 is 57.9 Å². The standard InChI is InChI=1S/C25H20N6O5.H2O4S/c32-25(29-27-18-6-10-20-8-2-4-12-24(20)31(35)36)21-13-15-22(16-14-21)28-26-17-5-9-19-7-1-3-11-23(19)30(33)34;1-5(2,3)4/h1-18,28H,(H,29,32);(H2,1,2,3,4)/b9-5+,10-6+,26-17+,27-18+;. The lowest BCUT2D eigenvalue weighted by atomic mass is 10.1. The highest BCUT2D eigenvalue weighted by Gasteiger charge is 2.09. The molecule has 0 heterocycles. The fourth-order valence-corrected chi connectivity index (χ4v) is 2.94. The van der Waals surface area contributed by atoms with Crippen LogP contribution >= 0.6 is 0 Å². The minimum Gasteiger partial charge on any atom is -0.279 e. The first-order valence-corrected chi connectivity index (χ1v) is 12.6. The van der Waals surface area contributed by atoms with Crippen LogP contribution in [-0.2, 0) is 10.4 Å². The zero-order chi connectivity index (χ0) is 30.3. The van der Waals surface area contributed by atoms with Crippen molar-refractivity contribution < 1.29 is 32.2 Å². The molecule has 0 aliphatic rings. The normalized spacial score (nSPS) is 11.5. The molecule has 41 heavy (non-hydrogen) atoms. The van der Waals surface area contributed by atoms with Gasteiger partial charge in [-0.2, -0.15) is 18.6 Å². The van der Waals surface area contributed by atoms with Crippen molar-refractivity contribution in [2.45, 2.75) is 0 Å². The Morgan fingerprint density at radius 2 is 1.20 bits per heavy atom. The van der Waals surface area contributed by atoms with E-state index in [2.05, 4.69) is 21.1 Å². The zero-order valence-electron chi connectivity index (χ0n) is 20.8. The lowest BCUT2D eigenvalue weighted by molar-refractivity contribution is -0.385. The molecule has 0 bridgehead atoms. The molecular formula is C25H22N6O9S. The van der Waals surface area contributed by atoms with Crippen LogP contribution in [0.4, 0.5) is 17.1 Å². The number of nitrogens with one attached hydrogen (secondary N) is 2. The fourth-order valence-electron chi connectivity index (χ4n) is 2.94. The molecule has 3 rings (SSSR count). The summed E-state index contributed by atoms with van der Waals surface area (Å²) in [5.74, 6) is -0.437. The maximum atomic E-state index is 12.2. The van der Waals surface area contributed by atoms with Crippen LogP contribution in [0.25, 0.3) is 12.2 Å². The molecule has 0 aliphatic heterocycles. The first kappa shape index (κ1) is 31.6. The van der Waals surface area contributed by atoms with Gasteiger partial charge >= 0.3 is 10.4 Å². The number of carbonyl (C=O) groups excluding carboxylic acids is 1. The highest BCUT2D eigenvalue weighted by atomic mass is 32.3. The van der Waals surface area contributed by atoms with E-state index in [1.165, 1.54) is 36.7 Å². The summed E-state index contributed by atoms with van der Waals surface area (Å²) in [6, 6.07) is 19.1. The Hall–Kier alpha value is -5.58.